The van der Waals surface area contributed by atoms with E-state index in [0.717, 1.165) is 12.0 Å². The summed E-state index contributed by atoms with van der Waals surface area (Å²) in [6.07, 6.45) is 1.52. The molecule has 0 spiro atoms. The third-order valence-electron chi connectivity index (χ3n) is 2.36. The number of hydrogen-bond donors (Lipinski definition) is 1. The van der Waals surface area contributed by atoms with Crippen molar-refractivity contribution in [2.24, 2.45) is 0 Å². The van der Waals surface area contributed by atoms with Gasteiger partial charge in [0, 0.05) is 0 Å². The molecule has 0 amide bonds. The average molecular weight is 221 g/mol. The smallest absolute Gasteiger partial charge is 0.323 e. The second-order valence-electron chi connectivity index (χ2n) is 3.70. The molecule has 3 nitrogen and oxygen atoms in total. The third kappa shape index (κ3) is 4.03. The monoisotopic (exact) mass is 221 g/mol. The Balaban J connectivity index is 2.52. The highest BCUT2D eigenvalue weighted by Crippen LogP contribution is 2.04. The summed E-state index contributed by atoms with van der Waals surface area (Å²) in [7, 11) is 1.78. The molecule has 0 saturated carbocycles. The van der Waals surface area contributed by atoms with Crippen LogP contribution in [-0.4, -0.2) is 25.7 Å². The molecule has 0 heterocycles. The highest BCUT2D eigenvalue weighted by molar-refractivity contribution is 5.76. The van der Waals surface area contributed by atoms with Gasteiger partial charge in [-0.05, 0) is 25.5 Å². The molecule has 16 heavy (non-hydrogen) atoms. The standard InChI is InChI=1S/C13H19NO2/c1-3-9-16-13(15)12(14-2)10-11-7-5-4-6-8-11/h4-8,12,14H,3,9-10H2,1-2H3. The van der Waals surface area contributed by atoms with E-state index in [0.29, 0.717) is 13.0 Å². The lowest BCUT2D eigenvalue weighted by molar-refractivity contribution is -0.146. The topological polar surface area (TPSA) is 38.3 Å². The highest BCUT2D eigenvalue weighted by Gasteiger charge is 2.17. The molecule has 3 heteroatoms. The Hall–Kier alpha value is -1.35. The van der Waals surface area contributed by atoms with Gasteiger partial charge in [0.1, 0.15) is 6.04 Å². The van der Waals surface area contributed by atoms with Gasteiger partial charge in [0.2, 0.25) is 0 Å². The largest absolute Gasteiger partial charge is 0.465 e. The summed E-state index contributed by atoms with van der Waals surface area (Å²) in [5.74, 6) is -0.173. The summed E-state index contributed by atoms with van der Waals surface area (Å²) in [4.78, 5) is 11.7. The van der Waals surface area contributed by atoms with Gasteiger partial charge in [0.15, 0.2) is 0 Å². The molecule has 1 atom stereocenters. The van der Waals surface area contributed by atoms with Crippen molar-refractivity contribution in [3.63, 3.8) is 0 Å². The van der Waals surface area contributed by atoms with Crippen molar-refractivity contribution in [1.29, 1.82) is 0 Å². The number of ether oxygens (including phenoxy) is 1. The minimum Gasteiger partial charge on any atom is -0.465 e. The van der Waals surface area contributed by atoms with E-state index >= 15 is 0 Å². The Morgan fingerprint density at radius 3 is 2.62 bits per heavy atom. The predicted molar refractivity (Wildman–Crippen MR) is 64.2 cm³/mol. The lowest BCUT2D eigenvalue weighted by Crippen LogP contribution is -2.37. The normalized spacial score (nSPS) is 12.1. The van der Waals surface area contributed by atoms with Crippen LogP contribution in [0.2, 0.25) is 0 Å². The molecule has 0 aliphatic carbocycles. The summed E-state index contributed by atoms with van der Waals surface area (Å²) in [6.45, 7) is 2.48. The minimum absolute atomic E-state index is 0.173. The van der Waals surface area contributed by atoms with Gasteiger partial charge < -0.3 is 10.1 Å². The Kier molecular flexibility index (Phi) is 5.57. The number of rotatable bonds is 6. The Morgan fingerprint density at radius 2 is 2.06 bits per heavy atom. The minimum atomic E-state index is -0.256. The Bertz CT molecular complexity index is 311. The molecule has 88 valence electrons. The number of benzene rings is 1. The van der Waals surface area contributed by atoms with E-state index < -0.39 is 0 Å². The van der Waals surface area contributed by atoms with E-state index in [-0.39, 0.29) is 12.0 Å². The summed E-state index contributed by atoms with van der Waals surface area (Å²) in [5.41, 5.74) is 1.13. The van der Waals surface area contributed by atoms with Crippen molar-refractivity contribution in [3.05, 3.63) is 35.9 Å². The number of esters is 1. The lowest BCUT2D eigenvalue weighted by Gasteiger charge is -2.14. The zero-order valence-electron chi connectivity index (χ0n) is 9.90. The Morgan fingerprint density at radius 1 is 1.38 bits per heavy atom. The number of carbonyl (C=O) groups excluding carboxylic acids is 1. The van der Waals surface area contributed by atoms with Crippen molar-refractivity contribution in [1.82, 2.24) is 5.32 Å². The summed E-state index contributed by atoms with van der Waals surface area (Å²) in [6, 6.07) is 9.68. The number of hydrogen-bond acceptors (Lipinski definition) is 3. The fourth-order valence-corrected chi connectivity index (χ4v) is 1.46. The second-order valence-corrected chi connectivity index (χ2v) is 3.70. The van der Waals surface area contributed by atoms with Crippen molar-refractivity contribution in [2.45, 2.75) is 25.8 Å². The predicted octanol–water partition coefficient (Wildman–Crippen LogP) is 1.77. The lowest BCUT2D eigenvalue weighted by atomic mass is 10.1. The maximum Gasteiger partial charge on any atom is 0.323 e. The van der Waals surface area contributed by atoms with Crippen LogP contribution in [0.3, 0.4) is 0 Å². The van der Waals surface area contributed by atoms with Crippen LogP contribution in [-0.2, 0) is 16.0 Å². The van der Waals surface area contributed by atoms with Crippen LogP contribution in [0.1, 0.15) is 18.9 Å². The van der Waals surface area contributed by atoms with Gasteiger partial charge in [-0.3, -0.25) is 4.79 Å². The van der Waals surface area contributed by atoms with Crippen LogP contribution >= 0.6 is 0 Å². The van der Waals surface area contributed by atoms with Gasteiger partial charge in [0.05, 0.1) is 6.61 Å². The van der Waals surface area contributed by atoms with Crippen LogP contribution in [0.25, 0.3) is 0 Å². The fraction of sp³-hybridized carbons (Fsp3) is 0.462. The molecule has 0 aliphatic rings. The SMILES string of the molecule is CCCOC(=O)C(Cc1ccccc1)NC. The van der Waals surface area contributed by atoms with Gasteiger partial charge in [-0.1, -0.05) is 37.3 Å². The maximum atomic E-state index is 11.7. The molecule has 1 N–H and O–H groups in total. The third-order valence-corrected chi connectivity index (χ3v) is 2.36. The molecule has 0 bridgehead atoms. The van der Waals surface area contributed by atoms with Crippen molar-refractivity contribution < 1.29 is 9.53 Å². The van der Waals surface area contributed by atoms with Crippen LogP contribution in [0.4, 0.5) is 0 Å². The van der Waals surface area contributed by atoms with Crippen molar-refractivity contribution in [3.8, 4) is 0 Å². The van der Waals surface area contributed by atoms with Gasteiger partial charge in [-0.25, -0.2) is 0 Å². The fourth-order valence-electron chi connectivity index (χ4n) is 1.46. The first-order valence-corrected chi connectivity index (χ1v) is 5.65. The molecule has 1 unspecified atom stereocenters. The zero-order valence-corrected chi connectivity index (χ0v) is 9.90. The van der Waals surface area contributed by atoms with Gasteiger partial charge in [-0.2, -0.15) is 0 Å². The van der Waals surface area contributed by atoms with Crippen molar-refractivity contribution in [2.75, 3.05) is 13.7 Å². The van der Waals surface area contributed by atoms with Gasteiger partial charge in [0.25, 0.3) is 0 Å². The van der Waals surface area contributed by atoms with E-state index in [2.05, 4.69) is 5.32 Å². The number of carbonyl (C=O) groups is 1. The number of likely N-dealkylation sites (N-methyl/N-ethyl adjacent to an activating group) is 1. The Labute approximate surface area is 96.8 Å². The van der Waals surface area contributed by atoms with Crippen LogP contribution in [0, 0.1) is 0 Å². The van der Waals surface area contributed by atoms with Crippen LogP contribution in [0.5, 0.6) is 0 Å². The first kappa shape index (κ1) is 12.7. The molecular formula is C13H19NO2. The molecule has 0 saturated heterocycles. The molecule has 0 radical (unpaired) electrons. The first-order chi connectivity index (χ1) is 7.77. The molecule has 0 aromatic heterocycles. The number of nitrogens with one attached hydrogen (secondary N) is 1. The van der Waals surface area contributed by atoms with E-state index in [1.165, 1.54) is 0 Å². The molecule has 0 aliphatic heterocycles. The van der Waals surface area contributed by atoms with Crippen molar-refractivity contribution >= 4 is 5.97 Å². The average Bonchev–Trinajstić information content (AvgIpc) is 2.34. The molecule has 0 fully saturated rings. The molecule has 1 aromatic carbocycles. The first-order valence-electron chi connectivity index (χ1n) is 5.65. The van der Waals surface area contributed by atoms with E-state index in [9.17, 15) is 4.79 Å². The second kappa shape index (κ2) is 7.01. The van der Waals surface area contributed by atoms with E-state index in [1.54, 1.807) is 7.05 Å². The summed E-state index contributed by atoms with van der Waals surface area (Å²) in [5, 5.41) is 2.98. The summed E-state index contributed by atoms with van der Waals surface area (Å²) >= 11 is 0. The van der Waals surface area contributed by atoms with Crippen LogP contribution in [0.15, 0.2) is 30.3 Å². The van der Waals surface area contributed by atoms with Gasteiger partial charge >= 0.3 is 5.97 Å². The molecule has 1 rings (SSSR count). The highest BCUT2D eigenvalue weighted by atomic mass is 16.5. The molecular weight excluding hydrogens is 202 g/mol. The maximum absolute atomic E-state index is 11.7. The van der Waals surface area contributed by atoms with E-state index in [1.807, 2.05) is 37.3 Å². The zero-order chi connectivity index (χ0) is 11.8. The van der Waals surface area contributed by atoms with E-state index in [4.69, 9.17) is 4.74 Å². The summed E-state index contributed by atoms with van der Waals surface area (Å²) < 4.78 is 5.11. The molecule has 1 aromatic rings. The van der Waals surface area contributed by atoms with Gasteiger partial charge in [-0.15, -0.1) is 0 Å². The van der Waals surface area contributed by atoms with Crippen LogP contribution < -0.4 is 5.32 Å². The quantitative estimate of drug-likeness (QED) is 0.744.